The lowest BCUT2D eigenvalue weighted by Gasteiger charge is -2.14. The number of hydrazine groups is 1. The molecule has 0 heterocycles. The molecule has 6 heteroatoms. The van der Waals surface area contributed by atoms with Crippen molar-refractivity contribution in [3.8, 4) is 0 Å². The minimum Gasteiger partial charge on any atom is -0.326 e. The molecule has 0 unspecified atom stereocenters. The van der Waals surface area contributed by atoms with Gasteiger partial charge < -0.3 is 5.73 Å². The summed E-state index contributed by atoms with van der Waals surface area (Å²) in [6.45, 7) is 2.08. The Hall–Kier alpha value is -0.950. The average molecular weight is 243 g/mol. The summed E-state index contributed by atoms with van der Waals surface area (Å²) < 4.78 is 23.9. The van der Waals surface area contributed by atoms with Crippen LogP contribution in [0.25, 0.3) is 0 Å². The largest absolute Gasteiger partial charge is 0.326 e. The summed E-state index contributed by atoms with van der Waals surface area (Å²) in [4.78, 5) is 2.66. The summed E-state index contributed by atoms with van der Waals surface area (Å²) in [7, 11) is -0.253. The molecule has 0 atom stereocenters. The first-order valence-electron chi connectivity index (χ1n) is 4.86. The smallest absolute Gasteiger partial charge is 0.253 e. The summed E-state index contributed by atoms with van der Waals surface area (Å²) in [6.07, 6.45) is 0. The number of benzene rings is 1. The number of nitrogens with two attached hydrogens (primary N) is 1. The van der Waals surface area contributed by atoms with E-state index in [0.29, 0.717) is 12.1 Å². The molecule has 0 bridgehead atoms. The number of nitrogens with one attached hydrogen (secondary N) is 1. The molecular formula is C10H17N3O2S. The van der Waals surface area contributed by atoms with Crippen molar-refractivity contribution in [3.63, 3.8) is 0 Å². The van der Waals surface area contributed by atoms with Crippen LogP contribution < -0.4 is 10.6 Å². The molecule has 0 fully saturated rings. The van der Waals surface area contributed by atoms with E-state index in [9.17, 15) is 8.42 Å². The van der Waals surface area contributed by atoms with Gasteiger partial charge in [-0.05, 0) is 24.1 Å². The van der Waals surface area contributed by atoms with Gasteiger partial charge >= 0.3 is 0 Å². The fraction of sp³-hybridized carbons (Fsp3) is 0.400. The molecule has 0 aliphatic carbocycles. The van der Waals surface area contributed by atoms with Crippen LogP contribution >= 0.6 is 0 Å². The lowest BCUT2D eigenvalue weighted by atomic mass is 10.1. The number of rotatable bonds is 4. The number of sulfonamides is 1. The Morgan fingerprint density at radius 1 is 1.38 bits per heavy atom. The molecule has 0 radical (unpaired) electrons. The summed E-state index contributed by atoms with van der Waals surface area (Å²) in [5, 5.41) is 1.39. The maximum absolute atomic E-state index is 11.9. The van der Waals surface area contributed by atoms with Crippen molar-refractivity contribution in [3.05, 3.63) is 29.3 Å². The van der Waals surface area contributed by atoms with Crippen molar-refractivity contribution in [2.24, 2.45) is 5.73 Å². The predicted octanol–water partition coefficient (Wildman–Crippen LogP) is 0.209. The first-order chi connectivity index (χ1) is 7.36. The van der Waals surface area contributed by atoms with Crippen LogP contribution in [0.1, 0.15) is 11.1 Å². The van der Waals surface area contributed by atoms with Crippen LogP contribution in [0.5, 0.6) is 0 Å². The van der Waals surface area contributed by atoms with Crippen molar-refractivity contribution >= 4 is 10.0 Å². The molecule has 16 heavy (non-hydrogen) atoms. The Morgan fingerprint density at radius 2 is 2.00 bits per heavy atom. The van der Waals surface area contributed by atoms with Crippen LogP contribution in [0.4, 0.5) is 0 Å². The SMILES string of the molecule is Cc1ccc(CN)cc1S(=O)(=O)NN(C)C. The Bertz CT molecular complexity index is 469. The van der Waals surface area contributed by atoms with Gasteiger partial charge in [-0.2, -0.15) is 0 Å². The summed E-state index contributed by atoms with van der Waals surface area (Å²) >= 11 is 0. The van der Waals surface area contributed by atoms with Crippen LogP contribution in [0, 0.1) is 6.92 Å². The molecule has 90 valence electrons. The molecule has 1 rings (SSSR count). The highest BCUT2D eigenvalue weighted by Gasteiger charge is 2.17. The van der Waals surface area contributed by atoms with E-state index in [1.807, 2.05) is 6.07 Å². The van der Waals surface area contributed by atoms with E-state index in [2.05, 4.69) is 4.83 Å². The third kappa shape index (κ3) is 3.02. The van der Waals surface area contributed by atoms with Gasteiger partial charge in [-0.15, -0.1) is 4.83 Å². The van der Waals surface area contributed by atoms with Gasteiger partial charge in [0.1, 0.15) is 0 Å². The molecule has 0 spiro atoms. The molecule has 0 aliphatic rings. The first kappa shape index (κ1) is 13.1. The van der Waals surface area contributed by atoms with Crippen molar-refractivity contribution in [1.29, 1.82) is 0 Å². The van der Waals surface area contributed by atoms with Crippen LogP contribution in [0.2, 0.25) is 0 Å². The van der Waals surface area contributed by atoms with Gasteiger partial charge in [0.25, 0.3) is 10.0 Å². The molecule has 5 nitrogen and oxygen atoms in total. The van der Waals surface area contributed by atoms with Gasteiger partial charge in [-0.25, -0.2) is 13.4 Å². The zero-order valence-electron chi connectivity index (χ0n) is 9.69. The van der Waals surface area contributed by atoms with E-state index in [0.717, 1.165) is 5.56 Å². The predicted molar refractivity (Wildman–Crippen MR) is 63.1 cm³/mol. The number of hydrogen-bond donors (Lipinski definition) is 2. The number of nitrogens with zero attached hydrogens (tertiary/aromatic N) is 1. The van der Waals surface area contributed by atoms with Gasteiger partial charge in [0, 0.05) is 20.6 Å². The van der Waals surface area contributed by atoms with Crippen molar-refractivity contribution < 1.29 is 8.42 Å². The lowest BCUT2D eigenvalue weighted by molar-refractivity contribution is 0.364. The Balaban J connectivity index is 3.21. The van der Waals surface area contributed by atoms with Gasteiger partial charge in [-0.1, -0.05) is 12.1 Å². The van der Waals surface area contributed by atoms with Crippen molar-refractivity contribution in [1.82, 2.24) is 9.84 Å². The van der Waals surface area contributed by atoms with E-state index in [1.165, 1.54) is 5.01 Å². The average Bonchev–Trinajstić information content (AvgIpc) is 2.16. The Labute approximate surface area is 96.3 Å². The highest BCUT2D eigenvalue weighted by Crippen LogP contribution is 2.16. The Kier molecular flexibility index (Phi) is 4.03. The highest BCUT2D eigenvalue weighted by molar-refractivity contribution is 7.89. The zero-order chi connectivity index (χ0) is 12.3. The second-order valence-corrected chi connectivity index (χ2v) is 5.42. The fourth-order valence-corrected chi connectivity index (χ4v) is 2.73. The topological polar surface area (TPSA) is 75.4 Å². The molecule has 0 aromatic heterocycles. The monoisotopic (exact) mass is 243 g/mol. The third-order valence-corrected chi connectivity index (χ3v) is 3.70. The third-order valence-electron chi connectivity index (χ3n) is 2.08. The molecule has 3 N–H and O–H groups in total. The molecule has 0 saturated heterocycles. The van der Waals surface area contributed by atoms with E-state index in [-0.39, 0.29) is 4.90 Å². The molecular weight excluding hydrogens is 226 g/mol. The summed E-state index contributed by atoms with van der Waals surface area (Å²) in [6, 6.07) is 5.18. The van der Waals surface area contributed by atoms with Crippen molar-refractivity contribution in [2.45, 2.75) is 18.4 Å². The van der Waals surface area contributed by atoms with E-state index >= 15 is 0 Å². The number of aryl methyl sites for hydroxylation is 1. The van der Waals surface area contributed by atoms with Gasteiger partial charge in [0.05, 0.1) is 4.90 Å². The van der Waals surface area contributed by atoms with E-state index in [1.54, 1.807) is 33.2 Å². The number of hydrogen-bond acceptors (Lipinski definition) is 4. The Morgan fingerprint density at radius 3 is 2.50 bits per heavy atom. The lowest BCUT2D eigenvalue weighted by Crippen LogP contribution is -2.36. The normalized spacial score (nSPS) is 12.1. The van der Waals surface area contributed by atoms with Gasteiger partial charge in [-0.3, -0.25) is 0 Å². The molecule has 0 saturated carbocycles. The molecule has 0 aliphatic heterocycles. The van der Waals surface area contributed by atoms with Crippen molar-refractivity contribution in [2.75, 3.05) is 14.1 Å². The second-order valence-electron chi connectivity index (χ2n) is 3.79. The molecule has 1 aromatic rings. The van der Waals surface area contributed by atoms with Gasteiger partial charge in [0.2, 0.25) is 0 Å². The maximum atomic E-state index is 11.9. The van der Waals surface area contributed by atoms with Gasteiger partial charge in [0.15, 0.2) is 0 Å². The fourth-order valence-electron chi connectivity index (χ4n) is 1.35. The minimum atomic E-state index is -3.50. The first-order valence-corrected chi connectivity index (χ1v) is 6.34. The van der Waals surface area contributed by atoms with Crippen LogP contribution in [0.3, 0.4) is 0 Å². The highest BCUT2D eigenvalue weighted by atomic mass is 32.2. The standard InChI is InChI=1S/C10H17N3O2S/c1-8-4-5-9(7-11)6-10(8)16(14,15)12-13(2)3/h4-6,12H,7,11H2,1-3H3. The van der Waals surface area contributed by atoms with Crippen LogP contribution in [-0.4, -0.2) is 27.5 Å². The second kappa shape index (κ2) is 4.92. The summed E-state index contributed by atoms with van der Waals surface area (Å²) in [5.74, 6) is 0. The zero-order valence-corrected chi connectivity index (χ0v) is 10.5. The molecule has 0 amide bonds. The van der Waals surface area contributed by atoms with Crippen LogP contribution in [-0.2, 0) is 16.6 Å². The summed E-state index contributed by atoms with van der Waals surface area (Å²) in [5.41, 5.74) is 6.98. The van der Waals surface area contributed by atoms with E-state index < -0.39 is 10.0 Å². The minimum absolute atomic E-state index is 0.268. The quantitative estimate of drug-likeness (QED) is 0.741. The van der Waals surface area contributed by atoms with Crippen LogP contribution in [0.15, 0.2) is 23.1 Å². The maximum Gasteiger partial charge on any atom is 0.253 e. The molecule has 1 aromatic carbocycles. The van der Waals surface area contributed by atoms with E-state index in [4.69, 9.17) is 5.73 Å².